The third kappa shape index (κ3) is 3.91. The Kier molecular flexibility index (Phi) is 4.79. The van der Waals surface area contributed by atoms with E-state index in [1.807, 2.05) is 24.3 Å². The molecule has 0 radical (unpaired) electrons. The Balaban J connectivity index is 1.72. The van der Waals surface area contributed by atoms with E-state index in [0.717, 1.165) is 36.7 Å². The second-order valence-electron chi connectivity index (χ2n) is 6.21. The summed E-state index contributed by atoms with van der Waals surface area (Å²) in [6, 6.07) is 11.3. The summed E-state index contributed by atoms with van der Waals surface area (Å²) in [5.74, 6) is -1.93. The number of carboxylic acids is 1. The lowest BCUT2D eigenvalue weighted by atomic mass is 10.0. The Morgan fingerprint density at radius 3 is 2.38 bits per heavy atom. The van der Waals surface area contributed by atoms with E-state index in [2.05, 4.69) is 4.90 Å². The molecule has 2 aromatic carbocycles. The van der Waals surface area contributed by atoms with Crippen LogP contribution in [-0.4, -0.2) is 23.7 Å². The molecule has 1 atom stereocenters. The van der Waals surface area contributed by atoms with E-state index >= 15 is 0 Å². The zero-order chi connectivity index (χ0) is 17.1. The van der Waals surface area contributed by atoms with Crippen molar-refractivity contribution in [3.05, 3.63) is 65.2 Å². The number of hydrogen-bond acceptors (Lipinski definition) is 2. The molecule has 2 aromatic rings. The van der Waals surface area contributed by atoms with Crippen molar-refractivity contribution in [2.75, 3.05) is 11.4 Å². The standard InChI is InChI=1S/C19H19F2NO2/c20-15-9-14(10-16(21)11-15)8-13-3-5-17(6-4-13)22-7-1-2-18(22)12-19(23)24/h3-6,9-11,18H,1-2,7-8,12H2,(H,23,24). The van der Waals surface area contributed by atoms with E-state index < -0.39 is 17.6 Å². The minimum atomic E-state index is -0.781. The van der Waals surface area contributed by atoms with Crippen molar-refractivity contribution in [1.29, 1.82) is 0 Å². The molecule has 0 aromatic heterocycles. The zero-order valence-corrected chi connectivity index (χ0v) is 13.2. The van der Waals surface area contributed by atoms with Crippen molar-refractivity contribution in [1.82, 2.24) is 0 Å². The van der Waals surface area contributed by atoms with Crippen LogP contribution in [0.3, 0.4) is 0 Å². The average molecular weight is 331 g/mol. The number of benzene rings is 2. The van der Waals surface area contributed by atoms with Crippen LogP contribution in [0.25, 0.3) is 0 Å². The Labute approximate surface area is 139 Å². The van der Waals surface area contributed by atoms with Crippen LogP contribution < -0.4 is 4.90 Å². The predicted molar refractivity (Wildman–Crippen MR) is 88.2 cm³/mol. The summed E-state index contributed by atoms with van der Waals surface area (Å²) < 4.78 is 26.5. The summed E-state index contributed by atoms with van der Waals surface area (Å²) in [4.78, 5) is 13.1. The van der Waals surface area contributed by atoms with E-state index in [0.29, 0.717) is 12.0 Å². The summed E-state index contributed by atoms with van der Waals surface area (Å²) in [5, 5.41) is 9.00. The Morgan fingerprint density at radius 1 is 1.08 bits per heavy atom. The molecule has 1 N–H and O–H groups in total. The highest BCUT2D eigenvalue weighted by molar-refractivity contribution is 5.69. The van der Waals surface area contributed by atoms with E-state index in [1.54, 1.807) is 0 Å². The lowest BCUT2D eigenvalue weighted by molar-refractivity contribution is -0.137. The number of carbonyl (C=O) groups is 1. The van der Waals surface area contributed by atoms with Crippen LogP contribution in [0.4, 0.5) is 14.5 Å². The molecule has 1 aliphatic heterocycles. The fourth-order valence-electron chi connectivity index (χ4n) is 3.34. The molecule has 1 saturated heterocycles. The zero-order valence-electron chi connectivity index (χ0n) is 13.2. The molecule has 1 fully saturated rings. The predicted octanol–water partition coefficient (Wildman–Crippen LogP) is 4.00. The van der Waals surface area contributed by atoms with Gasteiger partial charge < -0.3 is 10.0 Å². The van der Waals surface area contributed by atoms with E-state index in [4.69, 9.17) is 5.11 Å². The number of aliphatic carboxylic acids is 1. The summed E-state index contributed by atoms with van der Waals surface area (Å²) in [6.07, 6.45) is 2.47. The van der Waals surface area contributed by atoms with Gasteiger partial charge in [-0.15, -0.1) is 0 Å². The number of anilines is 1. The van der Waals surface area contributed by atoms with Gasteiger partial charge in [0.2, 0.25) is 0 Å². The lowest BCUT2D eigenvalue weighted by Crippen LogP contribution is -2.31. The van der Waals surface area contributed by atoms with Crippen molar-refractivity contribution in [2.24, 2.45) is 0 Å². The molecule has 0 bridgehead atoms. The van der Waals surface area contributed by atoms with Crippen LogP contribution in [0, 0.1) is 11.6 Å². The molecule has 1 unspecified atom stereocenters. The molecule has 24 heavy (non-hydrogen) atoms. The van der Waals surface area contributed by atoms with Crippen molar-refractivity contribution >= 4 is 11.7 Å². The van der Waals surface area contributed by atoms with Gasteiger partial charge >= 0.3 is 5.97 Å². The number of nitrogens with zero attached hydrogens (tertiary/aromatic N) is 1. The molecule has 126 valence electrons. The van der Waals surface area contributed by atoms with Gasteiger partial charge in [-0.25, -0.2) is 8.78 Å². The van der Waals surface area contributed by atoms with Gasteiger partial charge in [-0.3, -0.25) is 4.79 Å². The maximum atomic E-state index is 13.3. The summed E-state index contributed by atoms with van der Waals surface area (Å²) >= 11 is 0. The van der Waals surface area contributed by atoms with Gasteiger partial charge in [0.25, 0.3) is 0 Å². The fraction of sp³-hybridized carbons (Fsp3) is 0.316. The van der Waals surface area contributed by atoms with Crippen LogP contribution in [0.2, 0.25) is 0 Å². The van der Waals surface area contributed by atoms with E-state index in [9.17, 15) is 13.6 Å². The molecular formula is C19H19F2NO2. The highest BCUT2D eigenvalue weighted by Gasteiger charge is 2.26. The normalized spacial score (nSPS) is 17.2. The summed E-state index contributed by atoms with van der Waals surface area (Å²) in [5.41, 5.74) is 2.54. The van der Waals surface area contributed by atoms with Gasteiger partial charge in [0.15, 0.2) is 0 Å². The molecule has 5 heteroatoms. The third-order valence-corrected chi connectivity index (χ3v) is 4.39. The maximum absolute atomic E-state index is 13.3. The molecule has 0 amide bonds. The average Bonchev–Trinajstić information content (AvgIpc) is 2.94. The highest BCUT2D eigenvalue weighted by atomic mass is 19.1. The number of halogens is 2. The molecule has 0 saturated carbocycles. The minimum absolute atomic E-state index is 0.0330. The fourth-order valence-corrected chi connectivity index (χ4v) is 3.34. The van der Waals surface area contributed by atoms with E-state index in [-0.39, 0.29) is 12.5 Å². The molecule has 1 aliphatic rings. The minimum Gasteiger partial charge on any atom is -0.481 e. The SMILES string of the molecule is O=C(O)CC1CCCN1c1ccc(Cc2cc(F)cc(F)c2)cc1. The highest BCUT2D eigenvalue weighted by Crippen LogP contribution is 2.28. The topological polar surface area (TPSA) is 40.5 Å². The molecule has 0 spiro atoms. The Hall–Kier alpha value is -2.43. The Bertz CT molecular complexity index is 710. The monoisotopic (exact) mass is 331 g/mol. The van der Waals surface area contributed by atoms with Crippen LogP contribution in [0.15, 0.2) is 42.5 Å². The second-order valence-corrected chi connectivity index (χ2v) is 6.21. The number of rotatable bonds is 5. The van der Waals surface area contributed by atoms with E-state index in [1.165, 1.54) is 12.1 Å². The Morgan fingerprint density at radius 2 is 1.75 bits per heavy atom. The number of carboxylic acid groups (broad SMARTS) is 1. The first kappa shape index (κ1) is 16.4. The van der Waals surface area contributed by atoms with Crippen molar-refractivity contribution < 1.29 is 18.7 Å². The molecule has 1 heterocycles. The van der Waals surface area contributed by atoms with Crippen LogP contribution in [0.1, 0.15) is 30.4 Å². The van der Waals surface area contributed by atoms with Crippen LogP contribution >= 0.6 is 0 Å². The van der Waals surface area contributed by atoms with Crippen molar-refractivity contribution in [2.45, 2.75) is 31.7 Å². The van der Waals surface area contributed by atoms with Gasteiger partial charge in [0.05, 0.1) is 6.42 Å². The summed E-state index contributed by atoms with van der Waals surface area (Å²) in [7, 11) is 0. The van der Waals surface area contributed by atoms with Crippen molar-refractivity contribution in [3.63, 3.8) is 0 Å². The van der Waals surface area contributed by atoms with Gasteiger partial charge in [-0.2, -0.15) is 0 Å². The van der Waals surface area contributed by atoms with Crippen LogP contribution in [0.5, 0.6) is 0 Å². The maximum Gasteiger partial charge on any atom is 0.305 e. The first-order valence-corrected chi connectivity index (χ1v) is 8.03. The molecule has 3 rings (SSSR count). The number of hydrogen-bond donors (Lipinski definition) is 1. The smallest absolute Gasteiger partial charge is 0.305 e. The quantitative estimate of drug-likeness (QED) is 0.900. The molecule has 3 nitrogen and oxygen atoms in total. The first-order chi connectivity index (χ1) is 11.5. The lowest BCUT2D eigenvalue weighted by Gasteiger charge is -2.26. The summed E-state index contributed by atoms with van der Waals surface area (Å²) in [6.45, 7) is 0.854. The van der Waals surface area contributed by atoms with Gasteiger partial charge in [0.1, 0.15) is 11.6 Å². The van der Waals surface area contributed by atoms with Gasteiger partial charge in [0, 0.05) is 24.3 Å². The van der Waals surface area contributed by atoms with Gasteiger partial charge in [-0.05, 0) is 54.7 Å². The molecule has 0 aliphatic carbocycles. The van der Waals surface area contributed by atoms with Crippen LogP contribution in [-0.2, 0) is 11.2 Å². The van der Waals surface area contributed by atoms with Crippen molar-refractivity contribution in [3.8, 4) is 0 Å². The molecular weight excluding hydrogens is 312 g/mol. The van der Waals surface area contributed by atoms with Gasteiger partial charge in [-0.1, -0.05) is 12.1 Å². The first-order valence-electron chi connectivity index (χ1n) is 8.03. The second kappa shape index (κ2) is 6.99. The largest absolute Gasteiger partial charge is 0.481 e. The third-order valence-electron chi connectivity index (χ3n) is 4.39.